The molecule has 4 rings (SSSR count). The topological polar surface area (TPSA) is 88.1 Å². The first-order valence-corrected chi connectivity index (χ1v) is 10.6. The summed E-state index contributed by atoms with van der Waals surface area (Å²) in [5.74, 6) is -2.24. The molecule has 1 aliphatic rings. The first-order chi connectivity index (χ1) is 16.5. The van der Waals surface area contributed by atoms with Crippen molar-refractivity contribution in [2.45, 2.75) is 24.7 Å². The predicted octanol–water partition coefficient (Wildman–Crippen LogP) is 3.99. The van der Waals surface area contributed by atoms with E-state index >= 15 is 4.39 Å². The number of ether oxygens (including phenoxy) is 4. The molecule has 4 atom stereocenters. The number of benzene rings is 3. The molecule has 34 heavy (non-hydrogen) atoms. The highest BCUT2D eigenvalue weighted by Gasteiger charge is 2.50. The van der Waals surface area contributed by atoms with Gasteiger partial charge in [-0.2, -0.15) is 0 Å². The second-order valence-electron chi connectivity index (χ2n) is 7.46. The zero-order valence-corrected chi connectivity index (χ0v) is 17.9. The van der Waals surface area contributed by atoms with Crippen LogP contribution < -0.4 is 0 Å². The Kier molecular flexibility index (Phi) is 7.29. The minimum atomic E-state index is -2.00. The van der Waals surface area contributed by atoms with Gasteiger partial charge in [-0.25, -0.2) is 18.8 Å². The van der Waals surface area contributed by atoms with Crippen LogP contribution in [0.25, 0.3) is 0 Å². The monoisotopic (exact) mass is 464 g/mol. The molecule has 0 aliphatic carbocycles. The van der Waals surface area contributed by atoms with Crippen LogP contribution in [0.2, 0.25) is 0 Å². The molecule has 8 heteroatoms. The van der Waals surface area contributed by atoms with Crippen molar-refractivity contribution in [3.8, 4) is 0 Å². The number of hydrogen-bond acceptors (Lipinski definition) is 7. The highest BCUT2D eigenvalue weighted by Crippen LogP contribution is 2.29. The summed E-state index contributed by atoms with van der Waals surface area (Å²) < 4.78 is 36.6. The van der Waals surface area contributed by atoms with Crippen molar-refractivity contribution in [1.82, 2.24) is 0 Å². The molecule has 3 aromatic rings. The molecule has 0 saturated carbocycles. The molecule has 1 fully saturated rings. The highest BCUT2D eigenvalue weighted by atomic mass is 19.1. The lowest BCUT2D eigenvalue weighted by Gasteiger charge is -2.19. The number of esters is 3. The average molecular weight is 464 g/mol. The Morgan fingerprint density at radius 1 is 0.676 bits per heavy atom. The van der Waals surface area contributed by atoms with Gasteiger partial charge in [0.2, 0.25) is 12.5 Å². The molecule has 1 aliphatic heterocycles. The molecule has 174 valence electrons. The molecule has 0 bridgehead atoms. The maximum atomic E-state index is 15.3. The van der Waals surface area contributed by atoms with E-state index < -0.39 is 49.2 Å². The smallest absolute Gasteiger partial charge is 0.340 e. The summed E-state index contributed by atoms with van der Waals surface area (Å²) in [6.07, 6.45) is -6.31. The fourth-order valence-electron chi connectivity index (χ4n) is 3.38. The van der Waals surface area contributed by atoms with Crippen molar-refractivity contribution in [3.63, 3.8) is 0 Å². The molecular formula is C26H21FO7. The Balaban J connectivity index is 1.47. The Labute approximate surface area is 195 Å². The van der Waals surface area contributed by atoms with Gasteiger partial charge in [-0.15, -0.1) is 0 Å². The van der Waals surface area contributed by atoms with E-state index in [1.807, 2.05) is 0 Å². The van der Waals surface area contributed by atoms with Gasteiger partial charge < -0.3 is 18.9 Å². The van der Waals surface area contributed by atoms with Crippen LogP contribution >= 0.6 is 0 Å². The van der Waals surface area contributed by atoms with Gasteiger partial charge in [0.05, 0.1) is 16.7 Å². The van der Waals surface area contributed by atoms with Crippen molar-refractivity contribution in [2.24, 2.45) is 0 Å². The minimum Gasteiger partial charge on any atom is -0.459 e. The van der Waals surface area contributed by atoms with Crippen LogP contribution in [0.15, 0.2) is 91.0 Å². The standard InChI is InChI=1S/C26H21FO7/c27-21-22(33-24(29)18-12-6-2-7-13-18)20(16-31-23(28)17-10-4-1-5-11-17)32-26(21)34-25(30)19-14-8-3-9-15-19/h1-15,20-22,26H,16H2/t20-,21+,22?,26+/m1/s1. The van der Waals surface area contributed by atoms with E-state index in [-0.39, 0.29) is 11.1 Å². The second-order valence-corrected chi connectivity index (χ2v) is 7.46. The van der Waals surface area contributed by atoms with E-state index in [2.05, 4.69) is 0 Å². The third kappa shape index (κ3) is 5.47. The largest absolute Gasteiger partial charge is 0.459 e. The maximum Gasteiger partial charge on any atom is 0.340 e. The van der Waals surface area contributed by atoms with Crippen LogP contribution in [0, 0.1) is 0 Å². The molecule has 0 spiro atoms. The SMILES string of the molecule is O=C(OC[C@H]1O[C@@H](OC(=O)c2ccccc2)[C@@H](F)C1OC(=O)c1ccccc1)c1ccccc1. The Hall–Kier alpha value is -4.04. The van der Waals surface area contributed by atoms with Crippen molar-refractivity contribution in [3.05, 3.63) is 108 Å². The third-order valence-corrected chi connectivity index (χ3v) is 5.12. The van der Waals surface area contributed by atoms with Gasteiger partial charge in [-0.3, -0.25) is 0 Å². The summed E-state index contributed by atoms with van der Waals surface area (Å²) >= 11 is 0. The molecule has 3 aromatic carbocycles. The summed E-state index contributed by atoms with van der Waals surface area (Å²) in [5, 5.41) is 0. The van der Waals surface area contributed by atoms with Gasteiger partial charge in [-0.05, 0) is 36.4 Å². The lowest BCUT2D eigenvalue weighted by molar-refractivity contribution is -0.129. The number of rotatable bonds is 7. The minimum absolute atomic E-state index is 0.204. The molecule has 7 nitrogen and oxygen atoms in total. The zero-order valence-electron chi connectivity index (χ0n) is 17.9. The van der Waals surface area contributed by atoms with Gasteiger partial charge in [-0.1, -0.05) is 54.6 Å². The lowest BCUT2D eigenvalue weighted by atomic mass is 10.1. The molecule has 0 aromatic heterocycles. The number of halogens is 1. The predicted molar refractivity (Wildman–Crippen MR) is 118 cm³/mol. The van der Waals surface area contributed by atoms with Gasteiger partial charge in [0, 0.05) is 0 Å². The zero-order chi connectivity index (χ0) is 23.9. The molecular weight excluding hydrogens is 443 g/mol. The normalized spacial score (nSPS) is 21.4. The number of alkyl halides is 1. The van der Waals surface area contributed by atoms with E-state index in [1.54, 1.807) is 66.7 Å². The van der Waals surface area contributed by atoms with Gasteiger partial charge in [0.25, 0.3) is 0 Å². The van der Waals surface area contributed by atoms with Crippen LogP contribution in [0.3, 0.4) is 0 Å². The quantitative estimate of drug-likeness (QED) is 0.386. The van der Waals surface area contributed by atoms with Crippen molar-refractivity contribution in [1.29, 1.82) is 0 Å². The van der Waals surface area contributed by atoms with Crippen LogP contribution in [-0.4, -0.2) is 49.2 Å². The molecule has 1 saturated heterocycles. The second kappa shape index (κ2) is 10.7. The van der Waals surface area contributed by atoms with Crippen molar-refractivity contribution < 1.29 is 37.7 Å². The Morgan fingerprint density at radius 3 is 1.62 bits per heavy atom. The molecule has 0 amide bonds. The fourth-order valence-corrected chi connectivity index (χ4v) is 3.38. The van der Waals surface area contributed by atoms with Gasteiger partial charge in [0.15, 0.2) is 6.10 Å². The van der Waals surface area contributed by atoms with E-state index in [1.165, 1.54) is 24.3 Å². The molecule has 1 heterocycles. The van der Waals surface area contributed by atoms with Crippen LogP contribution in [0.4, 0.5) is 4.39 Å². The van der Waals surface area contributed by atoms with Crippen LogP contribution in [0.1, 0.15) is 31.1 Å². The third-order valence-electron chi connectivity index (χ3n) is 5.12. The number of carbonyl (C=O) groups is 3. The van der Waals surface area contributed by atoms with Crippen LogP contribution in [0.5, 0.6) is 0 Å². The Bertz CT molecular complexity index is 1120. The summed E-state index contributed by atoms with van der Waals surface area (Å²) in [6, 6.07) is 24.2. The first kappa shape index (κ1) is 23.1. The summed E-state index contributed by atoms with van der Waals surface area (Å²) in [7, 11) is 0. The van der Waals surface area contributed by atoms with Gasteiger partial charge >= 0.3 is 17.9 Å². The summed E-state index contributed by atoms with van der Waals surface area (Å²) in [6.45, 7) is -0.416. The number of carbonyl (C=O) groups excluding carboxylic acids is 3. The molecule has 0 N–H and O–H groups in total. The lowest BCUT2D eigenvalue weighted by Crippen LogP contribution is -2.37. The Morgan fingerprint density at radius 2 is 1.12 bits per heavy atom. The fraction of sp³-hybridized carbons (Fsp3) is 0.192. The summed E-state index contributed by atoms with van der Waals surface area (Å²) in [5.41, 5.74) is 0.705. The maximum absolute atomic E-state index is 15.3. The molecule has 1 unspecified atom stereocenters. The van der Waals surface area contributed by atoms with Crippen molar-refractivity contribution >= 4 is 17.9 Å². The number of hydrogen-bond donors (Lipinski definition) is 0. The van der Waals surface area contributed by atoms with E-state index in [0.717, 1.165) is 0 Å². The highest BCUT2D eigenvalue weighted by molar-refractivity contribution is 5.90. The van der Waals surface area contributed by atoms with Gasteiger partial charge in [0.1, 0.15) is 12.7 Å². The van der Waals surface area contributed by atoms with Crippen molar-refractivity contribution in [2.75, 3.05) is 6.61 Å². The average Bonchev–Trinajstić information content (AvgIpc) is 3.17. The first-order valence-electron chi connectivity index (χ1n) is 10.6. The molecule has 0 radical (unpaired) electrons. The summed E-state index contributed by atoms with van der Waals surface area (Å²) in [4.78, 5) is 37.2. The van der Waals surface area contributed by atoms with E-state index in [4.69, 9.17) is 18.9 Å². The van der Waals surface area contributed by atoms with E-state index in [9.17, 15) is 14.4 Å². The van der Waals surface area contributed by atoms with E-state index in [0.29, 0.717) is 5.56 Å². The van der Waals surface area contributed by atoms with Crippen LogP contribution in [-0.2, 0) is 18.9 Å².